The van der Waals surface area contributed by atoms with E-state index in [0.717, 1.165) is 10.8 Å². The Kier molecular flexibility index (Phi) is 3.89. The van der Waals surface area contributed by atoms with Crippen LogP contribution in [-0.2, 0) is 4.79 Å². The highest BCUT2D eigenvalue weighted by molar-refractivity contribution is 6.04. The van der Waals surface area contributed by atoms with Crippen LogP contribution in [0.3, 0.4) is 0 Å². The second-order valence-corrected chi connectivity index (χ2v) is 4.76. The minimum atomic E-state index is -0.954. The molecule has 1 amide bonds. The summed E-state index contributed by atoms with van der Waals surface area (Å²) in [5, 5.41) is 13.2. The Hall–Kier alpha value is -2.56. The van der Waals surface area contributed by atoms with Gasteiger partial charge in [-0.15, -0.1) is 0 Å². The van der Waals surface area contributed by atoms with Crippen LogP contribution in [0.2, 0.25) is 0 Å². The van der Waals surface area contributed by atoms with Crippen molar-refractivity contribution >= 4 is 28.3 Å². The molecule has 2 rings (SSSR count). The van der Waals surface area contributed by atoms with E-state index in [0.29, 0.717) is 11.3 Å². The number of nitrogen functional groups attached to an aromatic ring is 1. The molecular formula is C15H16N2O3. The Morgan fingerprint density at radius 2 is 1.85 bits per heavy atom. The Morgan fingerprint density at radius 3 is 2.45 bits per heavy atom. The molecule has 0 aliphatic heterocycles. The van der Waals surface area contributed by atoms with Gasteiger partial charge in [0.15, 0.2) is 0 Å². The maximum absolute atomic E-state index is 12.1. The van der Waals surface area contributed by atoms with Crippen molar-refractivity contribution in [1.29, 1.82) is 0 Å². The van der Waals surface area contributed by atoms with Crippen molar-refractivity contribution in [3.63, 3.8) is 0 Å². The number of nitrogens with two attached hydrogens (primary N) is 1. The van der Waals surface area contributed by atoms with Crippen LogP contribution in [0.25, 0.3) is 10.8 Å². The van der Waals surface area contributed by atoms with E-state index in [2.05, 4.69) is 5.32 Å². The van der Waals surface area contributed by atoms with Gasteiger partial charge in [0.25, 0.3) is 5.91 Å². The lowest BCUT2D eigenvalue weighted by Gasteiger charge is -2.13. The highest BCUT2D eigenvalue weighted by Gasteiger charge is 2.15. The van der Waals surface area contributed by atoms with Gasteiger partial charge < -0.3 is 16.2 Å². The molecule has 5 nitrogen and oxygen atoms in total. The molecular weight excluding hydrogens is 256 g/mol. The van der Waals surface area contributed by atoms with Crippen LogP contribution in [0, 0.1) is 0 Å². The van der Waals surface area contributed by atoms with Crippen molar-refractivity contribution in [2.24, 2.45) is 0 Å². The standard InChI is InChI=1S/C15H16N2O3/c1-9(6-14(18)19)17-15(20)12-7-10-4-2-3-5-11(10)8-13(12)16/h2-5,7-9H,6,16H2,1H3,(H,17,20)(H,18,19). The number of carbonyl (C=O) groups is 2. The molecule has 20 heavy (non-hydrogen) atoms. The minimum Gasteiger partial charge on any atom is -0.481 e. The van der Waals surface area contributed by atoms with Gasteiger partial charge in [-0.25, -0.2) is 0 Å². The first-order valence-electron chi connectivity index (χ1n) is 6.28. The predicted molar refractivity (Wildman–Crippen MR) is 77.5 cm³/mol. The SMILES string of the molecule is CC(CC(=O)O)NC(=O)c1cc2ccccc2cc1N. The van der Waals surface area contributed by atoms with Crippen LogP contribution < -0.4 is 11.1 Å². The summed E-state index contributed by atoms with van der Waals surface area (Å²) in [7, 11) is 0. The number of carboxylic acid groups (broad SMARTS) is 1. The number of rotatable bonds is 4. The lowest BCUT2D eigenvalue weighted by atomic mass is 10.0. The Bertz CT molecular complexity index is 667. The van der Waals surface area contributed by atoms with Crippen molar-refractivity contribution < 1.29 is 14.7 Å². The maximum Gasteiger partial charge on any atom is 0.305 e. The van der Waals surface area contributed by atoms with E-state index >= 15 is 0 Å². The zero-order valence-electron chi connectivity index (χ0n) is 11.1. The summed E-state index contributed by atoms with van der Waals surface area (Å²) in [4.78, 5) is 22.7. The fourth-order valence-corrected chi connectivity index (χ4v) is 2.07. The van der Waals surface area contributed by atoms with Gasteiger partial charge in [-0.3, -0.25) is 9.59 Å². The molecule has 0 heterocycles. The quantitative estimate of drug-likeness (QED) is 0.742. The summed E-state index contributed by atoms with van der Waals surface area (Å²) in [6.45, 7) is 1.64. The number of fused-ring (bicyclic) bond motifs is 1. The van der Waals surface area contributed by atoms with Gasteiger partial charge in [0, 0.05) is 11.7 Å². The van der Waals surface area contributed by atoms with Crippen molar-refractivity contribution in [1.82, 2.24) is 5.32 Å². The average Bonchev–Trinajstić information content (AvgIpc) is 2.36. The number of aliphatic carboxylic acids is 1. The van der Waals surface area contributed by atoms with Crippen LogP contribution in [0.1, 0.15) is 23.7 Å². The number of carboxylic acids is 1. The van der Waals surface area contributed by atoms with Crippen LogP contribution in [0.15, 0.2) is 36.4 Å². The van der Waals surface area contributed by atoms with Gasteiger partial charge >= 0.3 is 5.97 Å². The molecule has 2 aromatic rings. The molecule has 0 radical (unpaired) electrons. The van der Waals surface area contributed by atoms with Crippen LogP contribution in [-0.4, -0.2) is 23.0 Å². The van der Waals surface area contributed by atoms with E-state index < -0.39 is 12.0 Å². The van der Waals surface area contributed by atoms with Crippen LogP contribution >= 0.6 is 0 Å². The van der Waals surface area contributed by atoms with E-state index in [9.17, 15) is 9.59 Å². The number of amides is 1. The van der Waals surface area contributed by atoms with Crippen molar-refractivity contribution in [2.45, 2.75) is 19.4 Å². The second kappa shape index (κ2) is 5.61. The van der Waals surface area contributed by atoms with Crippen molar-refractivity contribution in [2.75, 3.05) is 5.73 Å². The third-order valence-corrected chi connectivity index (χ3v) is 3.02. The summed E-state index contributed by atoms with van der Waals surface area (Å²) in [6, 6.07) is 10.6. The number of hydrogen-bond donors (Lipinski definition) is 3. The molecule has 0 aliphatic rings. The molecule has 0 aliphatic carbocycles. The number of anilines is 1. The lowest BCUT2D eigenvalue weighted by molar-refractivity contribution is -0.137. The summed E-state index contributed by atoms with van der Waals surface area (Å²) < 4.78 is 0. The molecule has 0 bridgehead atoms. The van der Waals surface area contributed by atoms with E-state index in [4.69, 9.17) is 10.8 Å². The first-order valence-corrected chi connectivity index (χ1v) is 6.28. The van der Waals surface area contributed by atoms with Gasteiger partial charge in [-0.2, -0.15) is 0 Å². The van der Waals surface area contributed by atoms with Gasteiger partial charge in [0.2, 0.25) is 0 Å². The molecule has 0 aromatic heterocycles. The van der Waals surface area contributed by atoms with Gasteiger partial charge in [0.05, 0.1) is 12.0 Å². The fourth-order valence-electron chi connectivity index (χ4n) is 2.07. The smallest absolute Gasteiger partial charge is 0.305 e. The molecule has 1 unspecified atom stereocenters. The lowest BCUT2D eigenvalue weighted by Crippen LogP contribution is -2.34. The zero-order valence-corrected chi connectivity index (χ0v) is 11.1. The zero-order chi connectivity index (χ0) is 14.7. The largest absolute Gasteiger partial charge is 0.481 e. The summed E-state index contributed by atoms with van der Waals surface area (Å²) in [5.41, 5.74) is 6.63. The molecule has 0 saturated heterocycles. The predicted octanol–water partition coefficient (Wildman–Crippen LogP) is 2.01. The molecule has 0 fully saturated rings. The topological polar surface area (TPSA) is 92.4 Å². The van der Waals surface area contributed by atoms with Crippen molar-refractivity contribution in [3.8, 4) is 0 Å². The van der Waals surface area contributed by atoms with E-state index in [1.165, 1.54) is 0 Å². The van der Waals surface area contributed by atoms with Gasteiger partial charge in [-0.1, -0.05) is 24.3 Å². The first-order chi connectivity index (χ1) is 9.47. The summed E-state index contributed by atoms with van der Waals surface area (Å²) >= 11 is 0. The average molecular weight is 272 g/mol. The first kappa shape index (κ1) is 13.9. The summed E-state index contributed by atoms with van der Waals surface area (Å²) in [6.07, 6.45) is -0.126. The van der Waals surface area contributed by atoms with E-state index in [1.807, 2.05) is 24.3 Å². The molecule has 104 valence electrons. The van der Waals surface area contributed by atoms with Crippen molar-refractivity contribution in [3.05, 3.63) is 42.0 Å². The Balaban J connectivity index is 2.25. The Labute approximate surface area is 116 Å². The Morgan fingerprint density at radius 1 is 1.25 bits per heavy atom. The van der Waals surface area contributed by atoms with Crippen LogP contribution in [0.5, 0.6) is 0 Å². The van der Waals surface area contributed by atoms with E-state index in [-0.39, 0.29) is 12.3 Å². The van der Waals surface area contributed by atoms with Gasteiger partial charge in [0.1, 0.15) is 0 Å². The molecule has 0 spiro atoms. The molecule has 0 saturated carbocycles. The monoisotopic (exact) mass is 272 g/mol. The number of nitrogens with one attached hydrogen (secondary N) is 1. The van der Waals surface area contributed by atoms with Crippen LogP contribution in [0.4, 0.5) is 5.69 Å². The number of hydrogen-bond acceptors (Lipinski definition) is 3. The molecule has 1 atom stereocenters. The third-order valence-electron chi connectivity index (χ3n) is 3.02. The minimum absolute atomic E-state index is 0.126. The normalized spacial score (nSPS) is 12.1. The number of carbonyl (C=O) groups excluding carboxylic acids is 1. The molecule has 4 N–H and O–H groups in total. The molecule has 5 heteroatoms. The van der Waals surface area contributed by atoms with E-state index in [1.54, 1.807) is 19.1 Å². The molecule has 2 aromatic carbocycles. The third kappa shape index (κ3) is 3.06. The number of benzene rings is 2. The highest BCUT2D eigenvalue weighted by atomic mass is 16.4. The maximum atomic E-state index is 12.1. The van der Waals surface area contributed by atoms with Gasteiger partial charge in [-0.05, 0) is 29.8 Å². The fraction of sp³-hybridized carbons (Fsp3) is 0.200. The summed E-state index contributed by atoms with van der Waals surface area (Å²) in [5.74, 6) is -1.31. The second-order valence-electron chi connectivity index (χ2n) is 4.76. The highest BCUT2D eigenvalue weighted by Crippen LogP contribution is 2.21.